The van der Waals surface area contributed by atoms with Crippen LogP contribution in [0.25, 0.3) is 22.1 Å². The number of aliphatic hydroxyl groups excluding tert-OH is 1. The zero-order valence-corrected chi connectivity index (χ0v) is 18.3. The van der Waals surface area contributed by atoms with Crippen molar-refractivity contribution >= 4 is 22.8 Å². The fourth-order valence-corrected chi connectivity index (χ4v) is 3.82. The van der Waals surface area contributed by atoms with E-state index in [1.165, 1.54) is 18.2 Å². The fraction of sp³-hybridized carbons (Fsp3) is 0.154. The predicted molar refractivity (Wildman–Crippen MR) is 126 cm³/mol. The van der Waals surface area contributed by atoms with Crippen LogP contribution in [0.1, 0.15) is 32.8 Å². The lowest BCUT2D eigenvalue weighted by molar-refractivity contribution is -0.136. The second-order valence-electron chi connectivity index (χ2n) is 7.88. The van der Waals surface area contributed by atoms with Crippen molar-refractivity contribution in [2.24, 2.45) is 11.5 Å². The first-order chi connectivity index (χ1) is 16.4. The molecule has 34 heavy (non-hydrogen) atoms. The number of carbonyl (C=O) groups excluding carboxylic acids is 1. The molecular weight excluding hydrogens is 436 g/mol. The van der Waals surface area contributed by atoms with Crippen LogP contribution in [0.15, 0.2) is 65.1 Å². The maximum Gasteiger partial charge on any atom is 0.307 e. The molecule has 4 rings (SSSR count). The van der Waals surface area contributed by atoms with Gasteiger partial charge in [0.2, 0.25) is 5.91 Å². The number of primary amides is 1. The predicted octanol–water partition coefficient (Wildman–Crippen LogP) is 3.36. The highest BCUT2D eigenvalue weighted by Gasteiger charge is 2.15. The number of rotatable bonds is 9. The summed E-state index contributed by atoms with van der Waals surface area (Å²) in [7, 11) is 0. The Bertz CT molecular complexity index is 1380. The van der Waals surface area contributed by atoms with Crippen LogP contribution in [0, 0.1) is 0 Å². The summed E-state index contributed by atoms with van der Waals surface area (Å²) < 4.78 is 11.8. The van der Waals surface area contributed by atoms with E-state index in [9.17, 15) is 19.8 Å². The first kappa shape index (κ1) is 23.0. The number of fused-ring (bicyclic) bond motifs is 1. The molecule has 1 heterocycles. The Hall–Kier alpha value is -4.14. The van der Waals surface area contributed by atoms with Gasteiger partial charge in [0, 0.05) is 28.6 Å². The molecule has 0 bridgehead atoms. The van der Waals surface area contributed by atoms with Crippen LogP contribution in [-0.2, 0) is 31.0 Å². The van der Waals surface area contributed by atoms with Crippen LogP contribution in [-0.4, -0.2) is 22.1 Å². The van der Waals surface area contributed by atoms with E-state index in [0.717, 1.165) is 27.6 Å². The molecule has 0 fully saturated rings. The summed E-state index contributed by atoms with van der Waals surface area (Å²) >= 11 is 0. The van der Waals surface area contributed by atoms with E-state index in [-0.39, 0.29) is 30.9 Å². The van der Waals surface area contributed by atoms with Crippen molar-refractivity contribution in [1.82, 2.24) is 0 Å². The number of aliphatic hydroxyl groups is 1. The van der Waals surface area contributed by atoms with E-state index in [1.807, 2.05) is 36.4 Å². The van der Waals surface area contributed by atoms with E-state index >= 15 is 0 Å². The Morgan fingerprint density at radius 2 is 1.82 bits per heavy atom. The highest BCUT2D eigenvalue weighted by molar-refractivity contribution is 5.94. The molecule has 0 saturated carbocycles. The molecule has 0 spiro atoms. The zero-order valence-electron chi connectivity index (χ0n) is 18.3. The van der Waals surface area contributed by atoms with Gasteiger partial charge in [-0.2, -0.15) is 0 Å². The molecule has 6 N–H and O–H groups in total. The maximum atomic E-state index is 11.6. The summed E-state index contributed by atoms with van der Waals surface area (Å²) in [6.45, 7) is 0.262. The SMILES string of the molecule is NCc1cccc(-c2cc(COc3cc(C(N)=O)ccc3CC(=O)O)cc3cc(CO)oc23)c1. The van der Waals surface area contributed by atoms with Crippen molar-refractivity contribution in [3.63, 3.8) is 0 Å². The van der Waals surface area contributed by atoms with Gasteiger partial charge >= 0.3 is 5.97 Å². The van der Waals surface area contributed by atoms with Crippen LogP contribution < -0.4 is 16.2 Å². The summed E-state index contributed by atoms with van der Waals surface area (Å²) in [5.41, 5.74) is 15.9. The van der Waals surface area contributed by atoms with Gasteiger partial charge in [-0.25, -0.2) is 0 Å². The quantitative estimate of drug-likeness (QED) is 0.299. The summed E-state index contributed by atoms with van der Waals surface area (Å²) in [6, 6.07) is 17.8. The number of hydrogen-bond donors (Lipinski definition) is 4. The molecule has 4 aromatic rings. The molecule has 0 unspecified atom stereocenters. The fourth-order valence-electron chi connectivity index (χ4n) is 3.82. The van der Waals surface area contributed by atoms with E-state index < -0.39 is 11.9 Å². The number of carbonyl (C=O) groups is 2. The number of carboxylic acids is 1. The van der Waals surface area contributed by atoms with Crippen LogP contribution in [0.4, 0.5) is 0 Å². The summed E-state index contributed by atoms with van der Waals surface area (Å²) in [5.74, 6) is -0.948. The van der Waals surface area contributed by atoms with Gasteiger partial charge < -0.3 is 30.8 Å². The molecule has 0 atom stereocenters. The molecule has 0 aliphatic heterocycles. The minimum atomic E-state index is -1.02. The highest BCUT2D eigenvalue weighted by atomic mass is 16.5. The van der Waals surface area contributed by atoms with Crippen LogP contribution in [0.2, 0.25) is 0 Å². The molecule has 3 aromatic carbocycles. The largest absolute Gasteiger partial charge is 0.489 e. The molecular formula is C26H24N2O6. The molecule has 0 radical (unpaired) electrons. The number of ether oxygens (including phenoxy) is 1. The minimum absolute atomic E-state index is 0.105. The summed E-state index contributed by atoms with van der Waals surface area (Å²) in [6.07, 6.45) is -0.258. The lowest BCUT2D eigenvalue weighted by Gasteiger charge is -2.13. The third-order valence-corrected chi connectivity index (χ3v) is 5.44. The number of aliphatic carboxylic acids is 1. The van der Waals surface area contributed by atoms with Gasteiger partial charge in [-0.15, -0.1) is 0 Å². The Kier molecular flexibility index (Phi) is 6.62. The molecule has 8 heteroatoms. The monoisotopic (exact) mass is 460 g/mol. The molecule has 0 aliphatic carbocycles. The molecule has 0 aliphatic rings. The number of amides is 1. The van der Waals surface area contributed by atoms with Crippen LogP contribution >= 0.6 is 0 Å². The Labute approximate surface area is 195 Å². The van der Waals surface area contributed by atoms with Gasteiger partial charge in [0.05, 0.1) is 6.42 Å². The smallest absolute Gasteiger partial charge is 0.307 e. The maximum absolute atomic E-state index is 11.6. The Morgan fingerprint density at radius 3 is 2.53 bits per heavy atom. The van der Waals surface area contributed by atoms with Crippen molar-refractivity contribution in [1.29, 1.82) is 0 Å². The molecule has 174 valence electrons. The second kappa shape index (κ2) is 9.78. The number of benzene rings is 3. The van der Waals surface area contributed by atoms with Crippen LogP contribution in [0.3, 0.4) is 0 Å². The van der Waals surface area contributed by atoms with E-state index in [0.29, 0.717) is 23.5 Å². The molecule has 1 amide bonds. The van der Waals surface area contributed by atoms with Gasteiger partial charge in [0.15, 0.2) is 0 Å². The highest BCUT2D eigenvalue weighted by Crippen LogP contribution is 2.34. The lowest BCUT2D eigenvalue weighted by atomic mass is 9.99. The molecule has 1 aromatic heterocycles. The van der Waals surface area contributed by atoms with Crippen LogP contribution in [0.5, 0.6) is 5.75 Å². The van der Waals surface area contributed by atoms with Crippen molar-refractivity contribution in [2.75, 3.05) is 0 Å². The average molecular weight is 460 g/mol. The lowest BCUT2D eigenvalue weighted by Crippen LogP contribution is -2.12. The van der Waals surface area contributed by atoms with Gasteiger partial charge in [-0.05, 0) is 53.1 Å². The normalized spacial score (nSPS) is 11.0. The molecule has 8 nitrogen and oxygen atoms in total. The van der Waals surface area contributed by atoms with Gasteiger partial charge in [-0.1, -0.05) is 24.3 Å². The van der Waals surface area contributed by atoms with Gasteiger partial charge in [0.1, 0.15) is 30.3 Å². The van der Waals surface area contributed by atoms with E-state index in [2.05, 4.69) is 0 Å². The van der Waals surface area contributed by atoms with E-state index in [4.69, 9.17) is 20.6 Å². The Morgan fingerprint density at radius 1 is 1.00 bits per heavy atom. The van der Waals surface area contributed by atoms with Gasteiger partial charge in [-0.3, -0.25) is 9.59 Å². The van der Waals surface area contributed by atoms with E-state index in [1.54, 1.807) is 6.07 Å². The standard InChI is InChI=1S/C26H24N2O6/c27-12-15-2-1-3-17(6-15)22-8-16(7-20-9-21(13-29)34-25(20)22)14-33-23-10-19(26(28)32)5-4-18(23)11-24(30)31/h1-10,29H,11-14,27H2,(H2,28,32)(H,30,31). The second-order valence-corrected chi connectivity index (χ2v) is 7.88. The zero-order chi connectivity index (χ0) is 24.2. The topological polar surface area (TPSA) is 149 Å². The number of furan rings is 1. The number of hydrogen-bond acceptors (Lipinski definition) is 6. The van der Waals surface area contributed by atoms with Gasteiger partial charge in [0.25, 0.3) is 0 Å². The molecule has 0 saturated heterocycles. The third-order valence-electron chi connectivity index (χ3n) is 5.44. The third kappa shape index (κ3) is 4.93. The first-order valence-electron chi connectivity index (χ1n) is 10.6. The summed E-state index contributed by atoms with van der Waals surface area (Å²) in [5, 5.41) is 19.6. The number of nitrogens with two attached hydrogens (primary N) is 2. The summed E-state index contributed by atoms with van der Waals surface area (Å²) in [4.78, 5) is 22.9. The Balaban J connectivity index is 1.74. The number of carboxylic acid groups (broad SMARTS) is 1. The van der Waals surface area contributed by atoms with Crippen molar-refractivity contribution in [3.8, 4) is 16.9 Å². The average Bonchev–Trinajstić information content (AvgIpc) is 3.25. The van der Waals surface area contributed by atoms with Crippen molar-refractivity contribution in [2.45, 2.75) is 26.2 Å². The van der Waals surface area contributed by atoms with Crippen molar-refractivity contribution in [3.05, 3.63) is 88.7 Å². The minimum Gasteiger partial charge on any atom is -0.489 e. The first-order valence-corrected chi connectivity index (χ1v) is 10.6. The van der Waals surface area contributed by atoms with Crippen molar-refractivity contribution < 1.29 is 29.0 Å².